The Hall–Kier alpha value is -2.85. The number of carbonyl (C=O) groups excluding carboxylic acids is 2. The smallest absolute Gasteiger partial charge is 0.262 e. The predicted octanol–water partition coefficient (Wildman–Crippen LogP) is 4.21. The highest BCUT2D eigenvalue weighted by Crippen LogP contribution is 2.27. The lowest BCUT2D eigenvalue weighted by molar-refractivity contribution is 0.0951. The lowest BCUT2D eigenvalue weighted by Gasteiger charge is -2.10. The minimum absolute atomic E-state index is 0.112. The number of benzene rings is 1. The second-order valence-corrected chi connectivity index (χ2v) is 8.12. The minimum Gasteiger partial charge on any atom is -0.344 e. The molecular weight excluding hydrogens is 413 g/mol. The van der Waals surface area contributed by atoms with Crippen LogP contribution in [0.25, 0.3) is 0 Å². The van der Waals surface area contributed by atoms with Gasteiger partial charge in [-0.3, -0.25) is 14.7 Å². The Morgan fingerprint density at radius 3 is 2.76 bits per heavy atom. The molecule has 3 N–H and O–H groups in total. The van der Waals surface area contributed by atoms with E-state index in [-0.39, 0.29) is 24.1 Å². The van der Waals surface area contributed by atoms with E-state index in [9.17, 15) is 14.0 Å². The van der Waals surface area contributed by atoms with Gasteiger partial charge < -0.3 is 15.2 Å². The zero-order chi connectivity index (χ0) is 21.1. The third-order valence-electron chi connectivity index (χ3n) is 4.15. The first-order valence-corrected chi connectivity index (χ1v) is 10.1. The Labute approximate surface area is 176 Å². The van der Waals surface area contributed by atoms with E-state index in [1.54, 1.807) is 13.0 Å². The topological polar surface area (TPSA) is 91.8 Å². The molecule has 0 spiro atoms. The normalized spacial score (nSPS) is 10.9. The van der Waals surface area contributed by atoms with Crippen LogP contribution in [0.3, 0.4) is 0 Å². The largest absolute Gasteiger partial charge is 0.344 e. The number of aromatic nitrogens is 3. The zero-order valence-corrected chi connectivity index (χ0v) is 17.7. The molecule has 2 amide bonds. The average Bonchev–Trinajstić information content (AvgIpc) is 3.21. The van der Waals surface area contributed by atoms with Crippen molar-refractivity contribution >= 4 is 40.4 Å². The lowest BCUT2D eigenvalue weighted by Crippen LogP contribution is -2.25. The van der Waals surface area contributed by atoms with Crippen molar-refractivity contribution in [3.63, 3.8) is 0 Å². The van der Waals surface area contributed by atoms with E-state index < -0.39 is 11.7 Å². The number of rotatable bonds is 6. The van der Waals surface area contributed by atoms with E-state index in [2.05, 4.69) is 20.8 Å². The summed E-state index contributed by atoms with van der Waals surface area (Å²) in [6.07, 6.45) is 0. The molecule has 10 heteroatoms. The fourth-order valence-electron chi connectivity index (χ4n) is 2.82. The van der Waals surface area contributed by atoms with Crippen LogP contribution in [0.4, 0.5) is 9.39 Å². The minimum atomic E-state index is -0.487. The highest BCUT2D eigenvalue weighted by atomic mass is 32.1. The molecule has 152 valence electrons. The maximum atomic E-state index is 13.3. The summed E-state index contributed by atoms with van der Waals surface area (Å²) < 4.78 is 15.6. The molecule has 0 saturated heterocycles. The Balaban J connectivity index is 1.69. The van der Waals surface area contributed by atoms with Crippen LogP contribution < -0.4 is 10.6 Å². The Kier molecular flexibility index (Phi) is 6.23. The molecule has 0 saturated carbocycles. The molecule has 0 radical (unpaired) electrons. The van der Waals surface area contributed by atoms with Crippen LogP contribution in [-0.2, 0) is 6.54 Å². The average molecular weight is 434 g/mol. The maximum absolute atomic E-state index is 13.3. The van der Waals surface area contributed by atoms with Gasteiger partial charge in [0.2, 0.25) is 0 Å². The fourth-order valence-corrected chi connectivity index (χ4v) is 4.16. The van der Waals surface area contributed by atoms with Gasteiger partial charge in [-0.2, -0.15) is 5.10 Å². The SMILES string of the molecule is Cc1cc(NC(=O)c2cccc(F)c2)sc1C(=O)NCc1n[nH]c(=S)n1C(C)C. The van der Waals surface area contributed by atoms with Crippen LogP contribution in [-0.4, -0.2) is 26.6 Å². The summed E-state index contributed by atoms with van der Waals surface area (Å²) in [4.78, 5) is 25.4. The summed E-state index contributed by atoms with van der Waals surface area (Å²) in [5, 5.41) is 12.9. The molecule has 0 unspecified atom stereocenters. The molecule has 0 aliphatic carbocycles. The van der Waals surface area contributed by atoms with Crippen LogP contribution in [0, 0.1) is 17.5 Å². The second-order valence-electron chi connectivity index (χ2n) is 6.68. The van der Waals surface area contributed by atoms with Crippen molar-refractivity contribution in [2.45, 2.75) is 33.4 Å². The van der Waals surface area contributed by atoms with Gasteiger partial charge >= 0.3 is 0 Å². The van der Waals surface area contributed by atoms with Crippen molar-refractivity contribution in [3.05, 3.63) is 62.7 Å². The van der Waals surface area contributed by atoms with E-state index in [1.165, 1.54) is 18.2 Å². The van der Waals surface area contributed by atoms with Crippen molar-refractivity contribution in [2.75, 3.05) is 5.32 Å². The molecule has 2 heterocycles. The van der Waals surface area contributed by atoms with Crippen molar-refractivity contribution in [1.82, 2.24) is 20.1 Å². The number of hydrogen-bond donors (Lipinski definition) is 3. The number of H-pyrrole nitrogens is 1. The Bertz CT molecular complexity index is 1120. The first-order chi connectivity index (χ1) is 13.8. The number of anilines is 1. The number of amides is 2. The number of hydrogen-bond acceptors (Lipinski definition) is 5. The summed E-state index contributed by atoms with van der Waals surface area (Å²) in [7, 11) is 0. The quantitative estimate of drug-likeness (QED) is 0.508. The van der Waals surface area contributed by atoms with Gasteiger partial charge in [0, 0.05) is 11.6 Å². The molecule has 1 aromatic carbocycles. The molecule has 0 atom stereocenters. The number of carbonyl (C=O) groups is 2. The summed E-state index contributed by atoms with van der Waals surface area (Å²) >= 11 is 6.36. The predicted molar refractivity (Wildman–Crippen MR) is 112 cm³/mol. The number of nitrogens with zero attached hydrogens (tertiary/aromatic N) is 2. The summed E-state index contributed by atoms with van der Waals surface area (Å²) in [6.45, 7) is 5.96. The first-order valence-electron chi connectivity index (χ1n) is 8.87. The third kappa shape index (κ3) is 4.77. The highest BCUT2D eigenvalue weighted by molar-refractivity contribution is 7.71. The van der Waals surface area contributed by atoms with E-state index in [0.717, 1.165) is 23.0 Å². The van der Waals surface area contributed by atoms with Gasteiger partial charge in [0.25, 0.3) is 11.8 Å². The third-order valence-corrected chi connectivity index (χ3v) is 5.59. The molecule has 0 bridgehead atoms. The van der Waals surface area contributed by atoms with Crippen molar-refractivity contribution < 1.29 is 14.0 Å². The molecule has 0 aliphatic rings. The van der Waals surface area contributed by atoms with Crippen molar-refractivity contribution in [2.24, 2.45) is 0 Å². The van der Waals surface area contributed by atoms with Gasteiger partial charge in [-0.25, -0.2) is 4.39 Å². The molecule has 3 rings (SSSR count). The molecule has 0 fully saturated rings. The zero-order valence-electron chi connectivity index (χ0n) is 16.1. The van der Waals surface area contributed by atoms with Crippen molar-refractivity contribution in [1.29, 1.82) is 0 Å². The number of aromatic amines is 1. The van der Waals surface area contributed by atoms with Gasteiger partial charge in [-0.15, -0.1) is 11.3 Å². The van der Waals surface area contributed by atoms with Crippen LogP contribution in [0.5, 0.6) is 0 Å². The molecule has 0 aliphatic heterocycles. The van der Waals surface area contributed by atoms with Gasteiger partial charge in [0.1, 0.15) is 5.82 Å². The van der Waals surface area contributed by atoms with Gasteiger partial charge in [0.15, 0.2) is 10.6 Å². The Morgan fingerprint density at radius 2 is 2.07 bits per heavy atom. The van der Waals surface area contributed by atoms with E-state index >= 15 is 0 Å². The summed E-state index contributed by atoms with van der Waals surface area (Å²) in [5.41, 5.74) is 0.934. The lowest BCUT2D eigenvalue weighted by atomic mass is 10.2. The molecule has 7 nitrogen and oxygen atoms in total. The van der Waals surface area contributed by atoms with Crippen LogP contribution in [0.2, 0.25) is 0 Å². The van der Waals surface area contributed by atoms with Gasteiger partial charge in [-0.1, -0.05) is 6.07 Å². The molecule has 29 heavy (non-hydrogen) atoms. The number of aryl methyl sites for hydroxylation is 1. The standard InChI is InChI=1S/C19H20FN5O2S2/c1-10(2)25-14(23-24-19(25)28)9-21-18(27)16-11(3)7-15(29-16)22-17(26)12-5-4-6-13(20)8-12/h4-8,10H,9H2,1-3H3,(H,21,27)(H,22,26)(H,24,28). The monoisotopic (exact) mass is 433 g/mol. The summed E-state index contributed by atoms with van der Waals surface area (Å²) in [5.74, 6) is -0.570. The first kappa shape index (κ1) is 20.9. The van der Waals surface area contributed by atoms with Gasteiger partial charge in [0.05, 0.1) is 16.4 Å². The van der Waals surface area contributed by atoms with Gasteiger partial charge in [-0.05, 0) is 62.8 Å². The van der Waals surface area contributed by atoms with Crippen molar-refractivity contribution in [3.8, 4) is 0 Å². The van der Waals surface area contributed by atoms with E-state index in [4.69, 9.17) is 12.2 Å². The highest BCUT2D eigenvalue weighted by Gasteiger charge is 2.17. The fraction of sp³-hybridized carbons (Fsp3) is 0.263. The summed E-state index contributed by atoms with van der Waals surface area (Å²) in [6, 6.07) is 7.24. The number of nitrogens with one attached hydrogen (secondary N) is 3. The Morgan fingerprint density at radius 1 is 1.31 bits per heavy atom. The van der Waals surface area contributed by atoms with Crippen LogP contribution >= 0.6 is 23.6 Å². The number of halogens is 1. The molecule has 3 aromatic rings. The van der Waals surface area contributed by atoms with E-state index in [1.807, 2.05) is 18.4 Å². The maximum Gasteiger partial charge on any atom is 0.262 e. The molecular formula is C19H20FN5O2S2. The van der Waals surface area contributed by atoms with Crippen LogP contribution in [0.15, 0.2) is 30.3 Å². The van der Waals surface area contributed by atoms with Crippen LogP contribution in [0.1, 0.15) is 51.3 Å². The number of thiophene rings is 1. The van der Waals surface area contributed by atoms with E-state index in [0.29, 0.717) is 20.5 Å². The second kappa shape index (κ2) is 8.66. The molecule has 2 aromatic heterocycles.